The van der Waals surface area contributed by atoms with Crippen molar-refractivity contribution in [1.82, 2.24) is 4.90 Å². The molecule has 1 aromatic carbocycles. The Morgan fingerprint density at radius 3 is 2.78 bits per heavy atom. The van der Waals surface area contributed by atoms with E-state index in [1.54, 1.807) is 0 Å². The maximum absolute atomic E-state index is 6.03. The van der Waals surface area contributed by atoms with Gasteiger partial charge in [0.2, 0.25) is 0 Å². The zero-order valence-corrected chi connectivity index (χ0v) is 12.4. The Hall–Kier alpha value is -0.350. The maximum atomic E-state index is 6.03. The molecule has 0 aromatic heterocycles. The highest BCUT2D eigenvalue weighted by molar-refractivity contribution is 7.80. The Labute approximate surface area is 123 Å². The average Bonchev–Trinajstić information content (AvgIpc) is 2.34. The molecule has 98 valence electrons. The Balaban J connectivity index is 2.10. The van der Waals surface area contributed by atoms with E-state index in [0.29, 0.717) is 15.0 Å². The van der Waals surface area contributed by atoms with Crippen molar-refractivity contribution in [3.63, 3.8) is 0 Å². The number of hydrogen-bond acceptors (Lipinski definition) is 2. The smallest absolute Gasteiger partial charge is 0.0902 e. The van der Waals surface area contributed by atoms with Crippen LogP contribution in [0.3, 0.4) is 0 Å². The first-order valence-electron chi connectivity index (χ1n) is 6.05. The molecule has 2 N–H and O–H groups in total. The molecule has 1 saturated heterocycles. The summed E-state index contributed by atoms with van der Waals surface area (Å²) in [6.07, 6.45) is 3.44. The first-order chi connectivity index (χ1) is 8.58. The largest absolute Gasteiger partial charge is 0.392 e. The Morgan fingerprint density at radius 2 is 2.11 bits per heavy atom. The van der Waals surface area contributed by atoms with Gasteiger partial charge in [0.15, 0.2) is 0 Å². The van der Waals surface area contributed by atoms with E-state index in [1.165, 1.54) is 12.8 Å². The summed E-state index contributed by atoms with van der Waals surface area (Å²) in [5, 5.41) is 1.18. The third-order valence-corrected chi connectivity index (χ3v) is 4.32. The number of halogens is 2. The molecule has 0 spiro atoms. The molecule has 1 atom stereocenters. The third kappa shape index (κ3) is 3.35. The zero-order chi connectivity index (χ0) is 13.1. The number of piperidine rings is 1. The lowest BCUT2D eigenvalue weighted by Crippen LogP contribution is -2.46. The van der Waals surface area contributed by atoms with Gasteiger partial charge in [-0.3, -0.25) is 4.90 Å². The van der Waals surface area contributed by atoms with E-state index in [-0.39, 0.29) is 6.04 Å². The van der Waals surface area contributed by atoms with Gasteiger partial charge in [0.25, 0.3) is 0 Å². The van der Waals surface area contributed by atoms with Crippen molar-refractivity contribution >= 4 is 40.4 Å². The molecule has 1 unspecified atom stereocenters. The van der Waals surface area contributed by atoms with Crippen LogP contribution >= 0.6 is 35.4 Å². The summed E-state index contributed by atoms with van der Waals surface area (Å²) >= 11 is 17.1. The van der Waals surface area contributed by atoms with Gasteiger partial charge in [0, 0.05) is 6.54 Å². The SMILES string of the molecule is NC(=S)C1CCCCN1Cc1ccc(Cl)c(Cl)c1. The van der Waals surface area contributed by atoms with Gasteiger partial charge in [0.05, 0.1) is 21.1 Å². The first kappa shape index (κ1) is 14.1. The molecule has 0 saturated carbocycles. The monoisotopic (exact) mass is 302 g/mol. The van der Waals surface area contributed by atoms with Gasteiger partial charge >= 0.3 is 0 Å². The number of rotatable bonds is 3. The Morgan fingerprint density at radius 1 is 1.33 bits per heavy atom. The van der Waals surface area contributed by atoms with E-state index in [1.807, 2.05) is 18.2 Å². The molecule has 1 aromatic rings. The molecule has 0 bridgehead atoms. The van der Waals surface area contributed by atoms with Crippen LogP contribution in [0.25, 0.3) is 0 Å². The van der Waals surface area contributed by atoms with Crippen LogP contribution in [-0.2, 0) is 6.54 Å². The van der Waals surface area contributed by atoms with E-state index < -0.39 is 0 Å². The number of likely N-dealkylation sites (tertiary alicyclic amines) is 1. The van der Waals surface area contributed by atoms with Gasteiger partial charge in [0.1, 0.15) is 0 Å². The molecule has 1 fully saturated rings. The quantitative estimate of drug-likeness (QED) is 0.865. The molecular formula is C13H16Cl2N2S. The van der Waals surface area contributed by atoms with Crippen molar-refractivity contribution in [3.8, 4) is 0 Å². The van der Waals surface area contributed by atoms with Crippen molar-refractivity contribution < 1.29 is 0 Å². The van der Waals surface area contributed by atoms with Crippen LogP contribution < -0.4 is 5.73 Å². The standard InChI is InChI=1S/C13H16Cl2N2S/c14-10-5-4-9(7-11(10)15)8-17-6-2-1-3-12(17)13(16)18/h4-5,7,12H,1-3,6,8H2,(H2,16,18). The molecule has 0 radical (unpaired) electrons. The summed E-state index contributed by atoms with van der Waals surface area (Å²) < 4.78 is 0. The van der Waals surface area contributed by atoms with Crippen molar-refractivity contribution in [2.45, 2.75) is 31.8 Å². The van der Waals surface area contributed by atoms with Crippen molar-refractivity contribution in [2.75, 3.05) is 6.54 Å². The van der Waals surface area contributed by atoms with Crippen LogP contribution in [0.2, 0.25) is 10.0 Å². The molecule has 5 heteroatoms. The molecule has 0 aliphatic carbocycles. The van der Waals surface area contributed by atoms with E-state index in [0.717, 1.165) is 25.1 Å². The topological polar surface area (TPSA) is 29.3 Å². The summed E-state index contributed by atoms with van der Waals surface area (Å²) in [7, 11) is 0. The van der Waals surface area contributed by atoms with Crippen LogP contribution in [-0.4, -0.2) is 22.5 Å². The number of benzene rings is 1. The first-order valence-corrected chi connectivity index (χ1v) is 7.21. The van der Waals surface area contributed by atoms with Crippen LogP contribution in [0.5, 0.6) is 0 Å². The highest BCUT2D eigenvalue weighted by atomic mass is 35.5. The summed E-state index contributed by atoms with van der Waals surface area (Å²) in [5.74, 6) is 0. The second kappa shape index (κ2) is 6.20. The number of nitrogens with zero attached hydrogens (tertiary/aromatic N) is 1. The minimum atomic E-state index is 0.211. The normalized spacial score (nSPS) is 20.9. The molecule has 18 heavy (non-hydrogen) atoms. The highest BCUT2D eigenvalue weighted by Crippen LogP contribution is 2.25. The minimum Gasteiger partial charge on any atom is -0.392 e. The molecule has 2 rings (SSSR count). The second-order valence-electron chi connectivity index (χ2n) is 4.63. The molecule has 1 aliphatic heterocycles. The third-order valence-electron chi connectivity index (χ3n) is 3.31. The van der Waals surface area contributed by atoms with Crippen molar-refractivity contribution in [2.24, 2.45) is 5.73 Å². The molecule has 1 aliphatic rings. The van der Waals surface area contributed by atoms with Gasteiger partial charge < -0.3 is 5.73 Å². The van der Waals surface area contributed by atoms with E-state index in [4.69, 9.17) is 41.2 Å². The minimum absolute atomic E-state index is 0.211. The Kier molecular flexibility index (Phi) is 4.84. The van der Waals surface area contributed by atoms with Crippen molar-refractivity contribution in [3.05, 3.63) is 33.8 Å². The highest BCUT2D eigenvalue weighted by Gasteiger charge is 2.24. The summed E-state index contributed by atoms with van der Waals surface area (Å²) in [6, 6.07) is 5.95. The predicted molar refractivity (Wildman–Crippen MR) is 81.3 cm³/mol. The van der Waals surface area contributed by atoms with E-state index >= 15 is 0 Å². The lowest BCUT2D eigenvalue weighted by atomic mass is 10.0. The lowest BCUT2D eigenvalue weighted by Gasteiger charge is -2.35. The van der Waals surface area contributed by atoms with Gasteiger partial charge in [-0.25, -0.2) is 0 Å². The summed E-state index contributed by atoms with van der Waals surface area (Å²) in [5.41, 5.74) is 6.95. The zero-order valence-electron chi connectivity index (χ0n) is 10.0. The summed E-state index contributed by atoms with van der Waals surface area (Å²) in [4.78, 5) is 2.92. The number of nitrogens with two attached hydrogens (primary N) is 1. The van der Waals surface area contributed by atoms with Crippen LogP contribution in [0.15, 0.2) is 18.2 Å². The molecule has 2 nitrogen and oxygen atoms in total. The van der Waals surface area contributed by atoms with E-state index in [2.05, 4.69) is 4.90 Å². The molecule has 1 heterocycles. The van der Waals surface area contributed by atoms with Gasteiger partial charge in [-0.05, 0) is 37.1 Å². The fourth-order valence-electron chi connectivity index (χ4n) is 2.37. The van der Waals surface area contributed by atoms with Gasteiger partial charge in [-0.2, -0.15) is 0 Å². The Bertz CT molecular complexity index is 451. The van der Waals surface area contributed by atoms with Crippen molar-refractivity contribution in [1.29, 1.82) is 0 Å². The second-order valence-corrected chi connectivity index (χ2v) is 5.92. The maximum Gasteiger partial charge on any atom is 0.0902 e. The van der Waals surface area contributed by atoms with Crippen LogP contribution in [0, 0.1) is 0 Å². The average molecular weight is 303 g/mol. The number of thiocarbonyl (C=S) groups is 1. The fraction of sp³-hybridized carbons (Fsp3) is 0.462. The molecule has 0 amide bonds. The molecular weight excluding hydrogens is 287 g/mol. The van der Waals surface area contributed by atoms with Gasteiger partial charge in [-0.15, -0.1) is 0 Å². The predicted octanol–water partition coefficient (Wildman–Crippen LogP) is 3.63. The lowest BCUT2D eigenvalue weighted by molar-refractivity contribution is 0.184. The van der Waals surface area contributed by atoms with Crippen LogP contribution in [0.1, 0.15) is 24.8 Å². The van der Waals surface area contributed by atoms with Gasteiger partial charge in [-0.1, -0.05) is 47.9 Å². The van der Waals surface area contributed by atoms with Crippen LogP contribution in [0.4, 0.5) is 0 Å². The fourth-order valence-corrected chi connectivity index (χ4v) is 2.96. The van der Waals surface area contributed by atoms with E-state index in [9.17, 15) is 0 Å². The number of hydrogen-bond donors (Lipinski definition) is 1. The summed E-state index contributed by atoms with van der Waals surface area (Å²) in [6.45, 7) is 1.85.